The minimum atomic E-state index is -0.968. The Kier molecular flexibility index (Phi) is 0.862. The first-order valence-corrected chi connectivity index (χ1v) is 4.99. The first-order valence-electron chi connectivity index (χ1n) is 1.71. The molecule has 3 heteroatoms. The number of hydrogen-bond donors (Lipinski definition) is 1. The van der Waals surface area contributed by atoms with Crippen LogP contribution in [0.2, 0.25) is 10.6 Å². The number of carbonyl (C=O) groups is 1. The summed E-state index contributed by atoms with van der Waals surface area (Å²) in [5.74, 6) is 0. The molecule has 0 bridgehead atoms. The van der Waals surface area contributed by atoms with E-state index in [9.17, 15) is 4.79 Å². The van der Waals surface area contributed by atoms with Crippen molar-refractivity contribution in [3.8, 4) is 0 Å². The van der Waals surface area contributed by atoms with E-state index in [1.165, 1.54) is 0 Å². The summed E-state index contributed by atoms with van der Waals surface area (Å²) in [5.41, 5.74) is 0. The van der Waals surface area contributed by atoms with Gasteiger partial charge in [-0.05, 0) is 0 Å². The zero-order valence-corrected chi connectivity index (χ0v) is 4.89. The molecule has 0 aromatic heterocycles. The summed E-state index contributed by atoms with van der Waals surface area (Å²) >= 11 is -0.968. The average Bonchev–Trinajstić information content (AvgIpc) is 2.06. The Hall–Kier alpha value is -0.0105. The molecule has 1 fully saturated rings. The third-order valence-electron chi connectivity index (χ3n) is 0.655. The standard InChI is InChI=1S/C3H4O2Se/c4-3(5)6-1-2-6/h1-2H2/p+1. The van der Waals surface area contributed by atoms with Crippen LogP contribution in [0.1, 0.15) is 0 Å². The van der Waals surface area contributed by atoms with E-state index >= 15 is 0 Å². The van der Waals surface area contributed by atoms with Crippen molar-refractivity contribution in [2.45, 2.75) is 10.6 Å². The molecule has 0 radical (unpaired) electrons. The molecular weight excluding hydrogens is 147 g/mol. The van der Waals surface area contributed by atoms with Gasteiger partial charge in [-0.25, -0.2) is 0 Å². The third kappa shape index (κ3) is 0.730. The fourth-order valence-electron chi connectivity index (χ4n) is 0.216. The molecule has 0 aliphatic carbocycles. The van der Waals surface area contributed by atoms with Gasteiger partial charge in [0.1, 0.15) is 0 Å². The maximum atomic E-state index is 9.82. The molecule has 1 rings (SSSR count). The van der Waals surface area contributed by atoms with Crippen molar-refractivity contribution >= 4 is 18.8 Å². The van der Waals surface area contributed by atoms with E-state index < -0.39 is 18.8 Å². The molecule has 1 aliphatic heterocycles. The van der Waals surface area contributed by atoms with Crippen LogP contribution in [0.15, 0.2) is 0 Å². The molecule has 1 heterocycles. The molecule has 34 valence electrons. The van der Waals surface area contributed by atoms with Crippen LogP contribution in [0.4, 0.5) is 4.79 Å². The second-order valence-electron chi connectivity index (χ2n) is 1.17. The average molecular weight is 152 g/mol. The summed E-state index contributed by atoms with van der Waals surface area (Å²) in [4.78, 5) is 9.31. The predicted molar refractivity (Wildman–Crippen MR) is 23.4 cm³/mol. The second kappa shape index (κ2) is 1.24. The molecule has 1 aliphatic rings. The van der Waals surface area contributed by atoms with Gasteiger partial charge in [0, 0.05) is 0 Å². The van der Waals surface area contributed by atoms with Gasteiger partial charge < -0.3 is 0 Å². The van der Waals surface area contributed by atoms with Crippen molar-refractivity contribution in [1.82, 2.24) is 0 Å². The van der Waals surface area contributed by atoms with Crippen LogP contribution in [0.5, 0.6) is 0 Å². The van der Waals surface area contributed by atoms with Gasteiger partial charge in [-0.2, -0.15) is 0 Å². The number of carboxylic acid groups (broad SMARTS) is 1. The molecule has 2 nitrogen and oxygen atoms in total. The molecule has 6 heavy (non-hydrogen) atoms. The maximum absolute atomic E-state index is 9.82. The van der Waals surface area contributed by atoms with Gasteiger partial charge in [0.15, 0.2) is 0 Å². The van der Waals surface area contributed by atoms with Crippen molar-refractivity contribution < 1.29 is 9.90 Å². The Morgan fingerprint density at radius 3 is 2.17 bits per heavy atom. The molecular formula is C3H5O2Se+. The molecule has 0 atom stereocenters. The van der Waals surface area contributed by atoms with Gasteiger partial charge in [-0.15, -0.1) is 0 Å². The molecule has 0 aromatic rings. The fraction of sp³-hybridized carbons (Fsp3) is 0.667. The topological polar surface area (TPSA) is 37.3 Å². The van der Waals surface area contributed by atoms with Crippen molar-refractivity contribution in [2.75, 3.05) is 0 Å². The van der Waals surface area contributed by atoms with Crippen LogP contribution < -0.4 is 0 Å². The Bertz CT molecular complexity index is 76.9. The van der Waals surface area contributed by atoms with E-state index in [1.54, 1.807) is 0 Å². The van der Waals surface area contributed by atoms with E-state index in [4.69, 9.17) is 5.11 Å². The second-order valence-corrected chi connectivity index (χ2v) is 5.68. The summed E-state index contributed by atoms with van der Waals surface area (Å²) < 4.78 is 0. The van der Waals surface area contributed by atoms with Crippen molar-refractivity contribution in [1.29, 1.82) is 0 Å². The number of rotatable bonds is 1. The van der Waals surface area contributed by atoms with Gasteiger partial charge in [-0.1, -0.05) is 0 Å². The van der Waals surface area contributed by atoms with Gasteiger partial charge in [-0.3, -0.25) is 0 Å². The molecule has 0 unspecified atom stereocenters. The first kappa shape index (κ1) is 4.16. The van der Waals surface area contributed by atoms with Gasteiger partial charge >= 0.3 is 39.3 Å². The zero-order valence-electron chi connectivity index (χ0n) is 3.18. The molecule has 0 saturated carbocycles. The van der Waals surface area contributed by atoms with E-state index in [1.807, 2.05) is 0 Å². The van der Waals surface area contributed by atoms with Crippen molar-refractivity contribution in [3.63, 3.8) is 0 Å². The minimum absolute atomic E-state index is 0.505. The van der Waals surface area contributed by atoms with E-state index in [2.05, 4.69) is 0 Å². The van der Waals surface area contributed by atoms with Crippen molar-refractivity contribution in [2.24, 2.45) is 0 Å². The SMILES string of the molecule is O=C(O)[Se+]1CC1. The summed E-state index contributed by atoms with van der Waals surface area (Å²) in [6.45, 7) is 0. The van der Waals surface area contributed by atoms with Crippen LogP contribution in [-0.4, -0.2) is 23.9 Å². The molecule has 0 spiro atoms. The Balaban J connectivity index is 2.31. The first-order chi connectivity index (χ1) is 2.80. The van der Waals surface area contributed by atoms with E-state index in [0.717, 1.165) is 10.6 Å². The van der Waals surface area contributed by atoms with Crippen molar-refractivity contribution in [3.05, 3.63) is 0 Å². The van der Waals surface area contributed by atoms with Gasteiger partial charge in [0.25, 0.3) is 0 Å². The van der Waals surface area contributed by atoms with E-state index in [0.29, 0.717) is 0 Å². The van der Waals surface area contributed by atoms with Crippen LogP contribution in [-0.2, 0) is 0 Å². The van der Waals surface area contributed by atoms with Crippen LogP contribution in [0.3, 0.4) is 0 Å². The van der Waals surface area contributed by atoms with Crippen LogP contribution in [0.25, 0.3) is 0 Å². The van der Waals surface area contributed by atoms with E-state index in [-0.39, 0.29) is 0 Å². The quantitative estimate of drug-likeness (QED) is 0.563. The molecule has 0 aromatic carbocycles. The third-order valence-corrected chi connectivity index (χ3v) is 3.40. The molecule has 1 N–H and O–H groups in total. The molecule has 0 amide bonds. The Morgan fingerprint density at radius 2 is 2.17 bits per heavy atom. The number of hydrogen-bond acceptors (Lipinski definition) is 1. The predicted octanol–water partition coefficient (Wildman–Crippen LogP) is 0.754. The summed E-state index contributed by atoms with van der Waals surface area (Å²) in [5, 5.41) is 10.2. The summed E-state index contributed by atoms with van der Waals surface area (Å²) in [6.07, 6.45) is 0. The monoisotopic (exact) mass is 153 g/mol. The van der Waals surface area contributed by atoms with Gasteiger partial charge in [0.2, 0.25) is 0 Å². The normalized spacial score (nSPS) is 20.7. The van der Waals surface area contributed by atoms with Crippen LogP contribution in [0, 0.1) is 0 Å². The summed E-state index contributed by atoms with van der Waals surface area (Å²) in [6, 6.07) is 0. The van der Waals surface area contributed by atoms with Crippen LogP contribution >= 0.6 is 0 Å². The fourth-order valence-corrected chi connectivity index (χ4v) is 2.03. The zero-order chi connectivity index (χ0) is 4.57. The van der Waals surface area contributed by atoms with Gasteiger partial charge in [0.05, 0.1) is 0 Å². The Labute approximate surface area is 40.0 Å². The Morgan fingerprint density at radius 1 is 1.67 bits per heavy atom. The summed E-state index contributed by atoms with van der Waals surface area (Å²) in [7, 11) is 0. The molecule has 1 saturated heterocycles.